The Hall–Kier alpha value is -4.27. The maximum atomic E-state index is 14.0. The second-order valence-electron chi connectivity index (χ2n) is 13.5. The Kier molecular flexibility index (Phi) is 8.85. The van der Waals surface area contributed by atoms with Crippen LogP contribution in [0.4, 0.5) is 5.82 Å². The number of carbonyl (C=O) groups is 3. The number of nitrogens with zero attached hydrogens (tertiary/aromatic N) is 6. The highest BCUT2D eigenvalue weighted by molar-refractivity contribution is 9.10. The number of hydrogen-bond donors (Lipinski definition) is 3. The minimum atomic E-state index is -0.917. The van der Waals surface area contributed by atoms with Crippen molar-refractivity contribution in [3.05, 3.63) is 58.1 Å². The van der Waals surface area contributed by atoms with E-state index in [1.165, 1.54) is 0 Å². The lowest BCUT2D eigenvalue weighted by Gasteiger charge is -2.27. The van der Waals surface area contributed by atoms with Gasteiger partial charge in [0.05, 0.1) is 17.3 Å². The van der Waals surface area contributed by atoms with Gasteiger partial charge in [0.2, 0.25) is 11.8 Å². The van der Waals surface area contributed by atoms with E-state index in [0.29, 0.717) is 39.0 Å². The number of aliphatic hydroxyl groups excluding tert-OH is 1. The molecule has 2 unspecified atom stereocenters. The molecule has 1 saturated carbocycles. The molecule has 2 fully saturated rings. The van der Waals surface area contributed by atoms with Gasteiger partial charge in [-0.05, 0) is 95.8 Å². The van der Waals surface area contributed by atoms with Crippen LogP contribution in [0.25, 0.3) is 22.0 Å². The van der Waals surface area contributed by atoms with Crippen LogP contribution in [0, 0.1) is 25.2 Å². The Morgan fingerprint density at radius 1 is 1.10 bits per heavy atom. The van der Waals surface area contributed by atoms with E-state index in [1.54, 1.807) is 35.0 Å². The number of esters is 1. The zero-order chi connectivity index (χ0) is 34.7. The highest BCUT2D eigenvalue weighted by Crippen LogP contribution is 2.59. The highest BCUT2D eigenvalue weighted by Gasteiger charge is 2.64. The number of piperidine rings is 1. The van der Waals surface area contributed by atoms with Gasteiger partial charge in [0.1, 0.15) is 29.0 Å². The van der Waals surface area contributed by atoms with E-state index < -0.39 is 24.2 Å². The smallest absolute Gasteiger partial charge is 0.330 e. The number of rotatable bonds is 9. The van der Waals surface area contributed by atoms with Crippen LogP contribution >= 0.6 is 15.9 Å². The van der Waals surface area contributed by atoms with Crippen LogP contribution in [0.3, 0.4) is 0 Å². The van der Waals surface area contributed by atoms with E-state index in [4.69, 9.17) is 15.6 Å². The molecule has 1 saturated heterocycles. The van der Waals surface area contributed by atoms with E-state index in [2.05, 4.69) is 43.1 Å². The zero-order valence-electron chi connectivity index (χ0n) is 27.7. The van der Waals surface area contributed by atoms with E-state index in [0.717, 1.165) is 23.1 Å². The van der Waals surface area contributed by atoms with Gasteiger partial charge in [0.15, 0.2) is 0 Å². The molecule has 3 aromatic heterocycles. The molecule has 13 nitrogen and oxygen atoms in total. The van der Waals surface area contributed by atoms with Crippen molar-refractivity contribution in [1.29, 1.82) is 0 Å². The first-order chi connectivity index (χ1) is 22.7. The SMILES string of the molecule is Cc1ccc(Br)nc1NC(=O)[C@@H]1C[C@@]2(C)CC2N1C(=O)Cn1nc(C(C)O)c2cc(-c3cnc(OC(=O)[C@@H](N)C(C)C)nc3)cc(C)c21. The molecule has 0 bridgehead atoms. The van der Waals surface area contributed by atoms with Crippen LogP contribution in [-0.2, 0) is 20.9 Å². The molecule has 48 heavy (non-hydrogen) atoms. The molecule has 14 heteroatoms. The van der Waals surface area contributed by atoms with Crippen LogP contribution in [0.15, 0.2) is 41.3 Å². The molecule has 2 aliphatic rings. The summed E-state index contributed by atoms with van der Waals surface area (Å²) in [6.07, 6.45) is 3.57. The van der Waals surface area contributed by atoms with Crippen LogP contribution in [0.2, 0.25) is 0 Å². The van der Waals surface area contributed by atoms with E-state index in [9.17, 15) is 19.5 Å². The Balaban J connectivity index is 1.26. The van der Waals surface area contributed by atoms with E-state index in [1.807, 2.05) is 45.9 Å². The first-order valence-corrected chi connectivity index (χ1v) is 16.7. The fourth-order valence-electron chi connectivity index (χ4n) is 6.49. The van der Waals surface area contributed by atoms with Crippen molar-refractivity contribution in [2.24, 2.45) is 17.1 Å². The number of amides is 2. The summed E-state index contributed by atoms with van der Waals surface area (Å²) < 4.78 is 7.45. The van der Waals surface area contributed by atoms with Gasteiger partial charge in [0, 0.05) is 29.4 Å². The largest absolute Gasteiger partial charge is 0.390 e. The lowest BCUT2D eigenvalue weighted by molar-refractivity contribution is -0.138. The van der Waals surface area contributed by atoms with Crippen molar-refractivity contribution < 1.29 is 24.2 Å². The Morgan fingerprint density at radius 2 is 1.81 bits per heavy atom. The number of nitrogens with one attached hydrogen (secondary N) is 1. The number of anilines is 1. The number of aromatic nitrogens is 5. The first kappa shape index (κ1) is 33.6. The van der Waals surface area contributed by atoms with Gasteiger partial charge in [-0.25, -0.2) is 19.7 Å². The predicted molar refractivity (Wildman–Crippen MR) is 182 cm³/mol. The fraction of sp³-hybridized carbons (Fsp3) is 0.441. The van der Waals surface area contributed by atoms with Crippen molar-refractivity contribution >= 4 is 50.4 Å². The highest BCUT2D eigenvalue weighted by atomic mass is 79.9. The molecule has 252 valence electrons. The summed E-state index contributed by atoms with van der Waals surface area (Å²) in [5.74, 6) is -0.745. The number of benzene rings is 1. The Labute approximate surface area is 286 Å². The van der Waals surface area contributed by atoms with Gasteiger partial charge in [-0.3, -0.25) is 14.3 Å². The number of hydrogen-bond acceptors (Lipinski definition) is 10. The standard InChI is InChI=1S/C34H39BrN8O5/c1-16(2)27(36)32(47)48-33-37-13-21(14-38-33)20-9-18(4)29-22(10-20)28(19(5)44)41-42(29)15-26(45)43-23(11-34(6)12-24(34)43)31(46)40-30-17(3)7-8-25(35)39-30/h7-10,13-14,16,19,23-24,27,44H,11-12,15,36H2,1-6H3,(H,39,40,46)/t19?,23-,24?,27-,34-/m0/s1. The molecule has 4 N–H and O–H groups in total. The van der Waals surface area contributed by atoms with Crippen molar-refractivity contribution in [2.75, 3.05) is 5.32 Å². The van der Waals surface area contributed by atoms with Crippen molar-refractivity contribution in [3.63, 3.8) is 0 Å². The number of carbonyl (C=O) groups excluding carboxylic acids is 3. The monoisotopic (exact) mass is 718 g/mol. The number of ether oxygens (including phenoxy) is 1. The summed E-state index contributed by atoms with van der Waals surface area (Å²) >= 11 is 3.36. The van der Waals surface area contributed by atoms with Crippen molar-refractivity contribution in [1.82, 2.24) is 29.6 Å². The molecule has 4 heterocycles. The van der Waals surface area contributed by atoms with Crippen LogP contribution in [0.5, 0.6) is 6.01 Å². The molecule has 0 radical (unpaired) electrons. The third-order valence-corrected chi connectivity index (χ3v) is 9.86. The van der Waals surface area contributed by atoms with Crippen LogP contribution < -0.4 is 15.8 Å². The van der Waals surface area contributed by atoms with Gasteiger partial charge in [0.25, 0.3) is 0 Å². The molecular formula is C34H39BrN8O5. The molecule has 2 amide bonds. The summed E-state index contributed by atoms with van der Waals surface area (Å²) in [4.78, 5) is 54.3. The number of nitrogens with two attached hydrogens (primary N) is 1. The topological polar surface area (TPSA) is 178 Å². The maximum Gasteiger partial charge on any atom is 0.330 e. The third kappa shape index (κ3) is 6.31. The summed E-state index contributed by atoms with van der Waals surface area (Å²) in [6, 6.07) is 5.90. The average molecular weight is 720 g/mol. The average Bonchev–Trinajstić information content (AvgIpc) is 3.38. The van der Waals surface area contributed by atoms with Crippen molar-refractivity contribution in [2.45, 2.75) is 85.2 Å². The van der Waals surface area contributed by atoms with Gasteiger partial charge >= 0.3 is 12.0 Å². The molecular weight excluding hydrogens is 680 g/mol. The summed E-state index contributed by atoms with van der Waals surface area (Å²) in [6.45, 7) is 11.0. The molecule has 5 atom stereocenters. The zero-order valence-corrected chi connectivity index (χ0v) is 29.3. The molecule has 0 spiro atoms. The summed E-state index contributed by atoms with van der Waals surface area (Å²) in [5.41, 5.74) is 9.92. The summed E-state index contributed by atoms with van der Waals surface area (Å²) in [5, 5.41) is 19.0. The molecule has 4 aromatic rings. The number of fused-ring (bicyclic) bond motifs is 2. The number of aryl methyl sites for hydroxylation is 2. The minimum absolute atomic E-state index is 0.0357. The number of pyridine rings is 1. The Bertz CT molecular complexity index is 1930. The second kappa shape index (κ2) is 12.6. The molecule has 6 rings (SSSR count). The van der Waals surface area contributed by atoms with E-state index >= 15 is 0 Å². The third-order valence-electron chi connectivity index (χ3n) is 9.42. The number of halogens is 1. The summed E-state index contributed by atoms with van der Waals surface area (Å²) in [7, 11) is 0. The Morgan fingerprint density at radius 3 is 2.48 bits per heavy atom. The molecule has 1 aliphatic carbocycles. The maximum absolute atomic E-state index is 14.0. The van der Waals surface area contributed by atoms with Gasteiger partial charge in [-0.15, -0.1) is 0 Å². The van der Waals surface area contributed by atoms with Gasteiger partial charge < -0.3 is 25.8 Å². The lowest BCUT2D eigenvalue weighted by Crippen LogP contribution is -2.47. The van der Waals surface area contributed by atoms with Crippen LogP contribution in [0.1, 0.15) is 63.5 Å². The lowest BCUT2D eigenvalue weighted by atomic mass is 10.0. The van der Waals surface area contributed by atoms with Gasteiger partial charge in [-0.2, -0.15) is 5.10 Å². The normalized spacial score (nSPS) is 21.2. The molecule has 1 aliphatic heterocycles. The minimum Gasteiger partial charge on any atom is -0.390 e. The fourth-order valence-corrected chi connectivity index (χ4v) is 6.80. The van der Waals surface area contributed by atoms with Crippen LogP contribution in [-0.4, -0.2) is 70.6 Å². The number of likely N-dealkylation sites (tertiary alicyclic amines) is 1. The number of aliphatic hydroxyl groups is 1. The van der Waals surface area contributed by atoms with E-state index in [-0.39, 0.29) is 41.7 Å². The predicted octanol–water partition coefficient (Wildman–Crippen LogP) is 4.23. The van der Waals surface area contributed by atoms with Gasteiger partial charge in [-0.1, -0.05) is 26.8 Å². The quantitative estimate of drug-likeness (QED) is 0.168. The molecule has 1 aromatic carbocycles. The first-order valence-electron chi connectivity index (χ1n) is 15.9. The van der Waals surface area contributed by atoms with Crippen molar-refractivity contribution in [3.8, 4) is 17.1 Å². The second-order valence-corrected chi connectivity index (χ2v) is 14.3.